The average molecular weight is 339 g/mol. The molecule has 0 N–H and O–H groups in total. The molecule has 124 valence electrons. The van der Waals surface area contributed by atoms with Crippen LogP contribution in [0, 0.1) is 17.2 Å². The molecule has 0 radical (unpaired) electrons. The molecule has 2 aromatic rings. The molecule has 0 amide bonds. The molecule has 0 aliphatic carbocycles. The Morgan fingerprint density at radius 3 is 2.79 bits per heavy atom. The van der Waals surface area contributed by atoms with E-state index in [9.17, 15) is 5.26 Å². The predicted octanol–water partition coefficient (Wildman–Crippen LogP) is 3.72. The zero-order chi connectivity index (χ0) is 16.5. The minimum Gasteiger partial charge on any atom is -0.489 e. The second kappa shape index (κ2) is 6.54. The second-order valence-electron chi connectivity index (χ2n) is 6.64. The normalized spacial score (nSPS) is 25.4. The van der Waals surface area contributed by atoms with E-state index in [4.69, 9.17) is 4.74 Å². The smallest absolute Gasteiger partial charge is 0.123 e. The number of benzene rings is 1. The van der Waals surface area contributed by atoms with Gasteiger partial charge in [0.2, 0.25) is 0 Å². The first kappa shape index (κ1) is 15.6. The SMILES string of the molecule is CCc1cnc(-c2cc(C#N)cc(O[C@@H]3CN4CCC3CC4)c2)s1. The first-order chi connectivity index (χ1) is 11.7. The molecule has 24 heavy (non-hydrogen) atoms. The maximum atomic E-state index is 9.37. The molecule has 5 rings (SSSR count). The van der Waals surface area contributed by atoms with Gasteiger partial charge in [-0.25, -0.2) is 4.98 Å². The van der Waals surface area contributed by atoms with Gasteiger partial charge < -0.3 is 4.74 Å². The van der Waals surface area contributed by atoms with Crippen molar-refractivity contribution in [1.82, 2.24) is 9.88 Å². The number of hydrogen-bond donors (Lipinski definition) is 0. The lowest BCUT2D eigenvalue weighted by Crippen LogP contribution is -2.52. The average Bonchev–Trinajstić information content (AvgIpc) is 3.12. The Morgan fingerprint density at radius 1 is 1.33 bits per heavy atom. The van der Waals surface area contributed by atoms with Gasteiger partial charge in [0.05, 0.1) is 11.6 Å². The van der Waals surface area contributed by atoms with Crippen LogP contribution >= 0.6 is 11.3 Å². The Hall–Kier alpha value is -1.90. The lowest BCUT2D eigenvalue weighted by molar-refractivity contribution is -0.00774. The highest BCUT2D eigenvalue weighted by atomic mass is 32.1. The first-order valence-corrected chi connectivity index (χ1v) is 9.46. The highest BCUT2D eigenvalue weighted by molar-refractivity contribution is 7.15. The summed E-state index contributed by atoms with van der Waals surface area (Å²) in [7, 11) is 0. The zero-order valence-corrected chi connectivity index (χ0v) is 14.7. The van der Waals surface area contributed by atoms with Crippen LogP contribution in [0.3, 0.4) is 0 Å². The molecule has 0 spiro atoms. The van der Waals surface area contributed by atoms with Crippen LogP contribution in [0.25, 0.3) is 10.6 Å². The fourth-order valence-electron chi connectivity index (χ4n) is 3.68. The number of ether oxygens (including phenoxy) is 1. The van der Waals surface area contributed by atoms with Gasteiger partial charge in [-0.3, -0.25) is 4.90 Å². The van der Waals surface area contributed by atoms with E-state index in [0.29, 0.717) is 11.5 Å². The lowest BCUT2D eigenvalue weighted by atomic mass is 9.86. The predicted molar refractivity (Wildman–Crippen MR) is 95.2 cm³/mol. The number of rotatable bonds is 4. The summed E-state index contributed by atoms with van der Waals surface area (Å²) >= 11 is 1.69. The van der Waals surface area contributed by atoms with Crippen molar-refractivity contribution in [3.8, 4) is 22.4 Å². The van der Waals surface area contributed by atoms with Crippen molar-refractivity contribution in [3.05, 3.63) is 34.8 Å². The summed E-state index contributed by atoms with van der Waals surface area (Å²) < 4.78 is 6.31. The van der Waals surface area contributed by atoms with Crippen LogP contribution in [0.2, 0.25) is 0 Å². The first-order valence-electron chi connectivity index (χ1n) is 8.64. The van der Waals surface area contributed by atoms with Gasteiger partial charge in [0.25, 0.3) is 0 Å². The van der Waals surface area contributed by atoms with Crippen LogP contribution in [0.1, 0.15) is 30.2 Å². The van der Waals surface area contributed by atoms with Crippen LogP contribution in [0.4, 0.5) is 0 Å². The highest BCUT2D eigenvalue weighted by Gasteiger charge is 2.35. The Bertz CT molecular complexity index is 771. The number of hydrogen-bond acceptors (Lipinski definition) is 5. The van der Waals surface area contributed by atoms with Crippen LogP contribution < -0.4 is 4.74 Å². The number of nitrogens with zero attached hydrogens (tertiary/aromatic N) is 3. The highest BCUT2D eigenvalue weighted by Crippen LogP contribution is 2.34. The van der Waals surface area contributed by atoms with E-state index >= 15 is 0 Å². The van der Waals surface area contributed by atoms with Crippen molar-refractivity contribution in [2.24, 2.45) is 5.92 Å². The van der Waals surface area contributed by atoms with Crippen molar-refractivity contribution < 1.29 is 4.74 Å². The topological polar surface area (TPSA) is 49.1 Å². The standard InChI is InChI=1S/C19H21N3OS/c1-2-17-11-21-19(24-17)15-7-13(10-20)8-16(9-15)23-18-12-22-5-3-14(18)4-6-22/h7-9,11,14,18H,2-6,12H2,1H3/t18-/m1/s1. The van der Waals surface area contributed by atoms with Crippen molar-refractivity contribution in [2.75, 3.05) is 19.6 Å². The minimum atomic E-state index is 0.247. The van der Waals surface area contributed by atoms with E-state index in [2.05, 4.69) is 22.9 Å². The van der Waals surface area contributed by atoms with E-state index in [1.807, 2.05) is 24.4 Å². The van der Waals surface area contributed by atoms with E-state index in [1.54, 1.807) is 11.3 Å². The molecular weight excluding hydrogens is 318 g/mol. The number of nitriles is 1. The lowest BCUT2D eigenvalue weighted by Gasteiger charge is -2.44. The van der Waals surface area contributed by atoms with Crippen LogP contribution in [-0.2, 0) is 6.42 Å². The van der Waals surface area contributed by atoms with E-state index < -0.39 is 0 Å². The molecule has 4 heterocycles. The number of aromatic nitrogens is 1. The van der Waals surface area contributed by atoms with Gasteiger partial charge in [-0.1, -0.05) is 6.92 Å². The molecule has 3 fully saturated rings. The molecule has 3 saturated heterocycles. The molecule has 5 heteroatoms. The summed E-state index contributed by atoms with van der Waals surface area (Å²) in [5.41, 5.74) is 1.62. The Labute approximate surface area is 146 Å². The molecule has 4 nitrogen and oxygen atoms in total. The molecule has 1 aromatic heterocycles. The van der Waals surface area contributed by atoms with Crippen LogP contribution in [0.15, 0.2) is 24.4 Å². The van der Waals surface area contributed by atoms with Crippen molar-refractivity contribution in [2.45, 2.75) is 32.3 Å². The number of aryl methyl sites for hydroxylation is 1. The van der Waals surface area contributed by atoms with Gasteiger partial charge in [0.15, 0.2) is 0 Å². The van der Waals surface area contributed by atoms with E-state index in [1.165, 1.54) is 30.8 Å². The van der Waals surface area contributed by atoms with Crippen LogP contribution in [0.5, 0.6) is 5.75 Å². The molecule has 1 aromatic carbocycles. The molecule has 2 bridgehead atoms. The Morgan fingerprint density at radius 2 is 2.17 bits per heavy atom. The summed E-state index contributed by atoms with van der Waals surface area (Å²) in [6.45, 7) is 5.54. The summed E-state index contributed by atoms with van der Waals surface area (Å²) in [5, 5.41) is 10.3. The number of piperidine rings is 3. The molecule has 3 aliphatic rings. The molecule has 3 aliphatic heterocycles. The molecule has 0 unspecified atom stereocenters. The van der Waals surface area contributed by atoms with Gasteiger partial charge in [0.1, 0.15) is 16.9 Å². The van der Waals surface area contributed by atoms with Crippen molar-refractivity contribution >= 4 is 11.3 Å². The van der Waals surface area contributed by atoms with Crippen molar-refractivity contribution in [1.29, 1.82) is 5.26 Å². The fraction of sp³-hybridized carbons (Fsp3) is 0.474. The summed E-state index contributed by atoms with van der Waals surface area (Å²) in [6, 6.07) is 8.06. The summed E-state index contributed by atoms with van der Waals surface area (Å²) in [5.74, 6) is 1.45. The number of fused-ring (bicyclic) bond motifs is 3. The molecule has 0 saturated carbocycles. The number of thiazole rings is 1. The third-order valence-electron chi connectivity index (χ3n) is 5.07. The minimum absolute atomic E-state index is 0.247. The Balaban J connectivity index is 1.61. The zero-order valence-electron chi connectivity index (χ0n) is 13.9. The maximum absolute atomic E-state index is 9.37. The second-order valence-corrected chi connectivity index (χ2v) is 7.75. The summed E-state index contributed by atoms with van der Waals surface area (Å²) in [4.78, 5) is 8.24. The quantitative estimate of drug-likeness (QED) is 0.852. The largest absolute Gasteiger partial charge is 0.489 e. The van der Waals surface area contributed by atoms with Gasteiger partial charge >= 0.3 is 0 Å². The monoisotopic (exact) mass is 339 g/mol. The Kier molecular flexibility index (Phi) is 4.26. The van der Waals surface area contributed by atoms with E-state index in [0.717, 1.165) is 29.3 Å². The molecule has 1 atom stereocenters. The third kappa shape index (κ3) is 3.04. The van der Waals surface area contributed by atoms with Gasteiger partial charge in [-0.2, -0.15) is 5.26 Å². The summed E-state index contributed by atoms with van der Waals surface area (Å²) in [6.07, 6.45) is 5.60. The van der Waals surface area contributed by atoms with E-state index in [-0.39, 0.29) is 6.10 Å². The fourth-order valence-corrected chi connectivity index (χ4v) is 4.52. The van der Waals surface area contributed by atoms with Crippen LogP contribution in [-0.4, -0.2) is 35.6 Å². The van der Waals surface area contributed by atoms with Gasteiger partial charge in [0, 0.05) is 23.2 Å². The molecular formula is C19H21N3OS. The maximum Gasteiger partial charge on any atom is 0.123 e. The third-order valence-corrected chi connectivity index (χ3v) is 6.26. The van der Waals surface area contributed by atoms with Crippen molar-refractivity contribution in [3.63, 3.8) is 0 Å². The van der Waals surface area contributed by atoms with Gasteiger partial charge in [-0.05, 0) is 56.5 Å². The van der Waals surface area contributed by atoms with Gasteiger partial charge in [-0.15, -0.1) is 11.3 Å².